The van der Waals surface area contributed by atoms with Crippen molar-refractivity contribution >= 4 is 5.69 Å². The van der Waals surface area contributed by atoms with Gasteiger partial charge in [0, 0.05) is 25.3 Å². The third-order valence-corrected chi connectivity index (χ3v) is 3.13. The van der Waals surface area contributed by atoms with Crippen LogP contribution in [-0.4, -0.2) is 33.4 Å². The number of rotatable bonds is 3. The van der Waals surface area contributed by atoms with Crippen LogP contribution >= 0.6 is 0 Å². The number of benzene rings is 1. The van der Waals surface area contributed by atoms with Gasteiger partial charge in [0.05, 0.1) is 18.8 Å². The molecule has 0 radical (unpaired) electrons. The molecular formula is C13H17F3N2O. The second-order valence-electron chi connectivity index (χ2n) is 4.47. The first-order valence-corrected chi connectivity index (χ1v) is 6.20. The minimum atomic E-state index is -4.31. The van der Waals surface area contributed by atoms with Crippen molar-refractivity contribution in [3.63, 3.8) is 0 Å². The Morgan fingerprint density at radius 2 is 1.95 bits per heavy atom. The molecule has 0 aromatic heterocycles. The van der Waals surface area contributed by atoms with Crippen molar-refractivity contribution in [1.82, 2.24) is 5.32 Å². The molecule has 1 aliphatic heterocycles. The Balaban J connectivity index is 2.35. The number of nitrogens with zero attached hydrogens (tertiary/aromatic N) is 1. The summed E-state index contributed by atoms with van der Waals surface area (Å²) in [5, 5.41) is 2.98. The van der Waals surface area contributed by atoms with E-state index < -0.39 is 11.7 Å². The molecule has 0 spiro atoms. The monoisotopic (exact) mass is 274 g/mol. The molecule has 0 amide bonds. The molecule has 19 heavy (non-hydrogen) atoms. The van der Waals surface area contributed by atoms with Crippen LogP contribution in [0.25, 0.3) is 0 Å². The van der Waals surface area contributed by atoms with Gasteiger partial charge in [-0.2, -0.15) is 13.2 Å². The summed E-state index contributed by atoms with van der Waals surface area (Å²) < 4.78 is 43.6. The van der Waals surface area contributed by atoms with Crippen molar-refractivity contribution in [3.05, 3.63) is 29.3 Å². The zero-order valence-corrected chi connectivity index (χ0v) is 10.8. The molecule has 2 rings (SSSR count). The van der Waals surface area contributed by atoms with E-state index in [0.717, 1.165) is 11.6 Å². The molecule has 0 saturated carbocycles. The fourth-order valence-electron chi connectivity index (χ4n) is 2.18. The standard InChI is InChI=1S/C13H17F3N2O/c1-17-9-10-2-3-11(13(14,15)16)8-12(10)18-4-6-19-7-5-18/h2-3,8,17H,4-7,9H2,1H3. The maximum absolute atomic E-state index is 12.8. The highest BCUT2D eigenvalue weighted by atomic mass is 19.4. The second-order valence-corrected chi connectivity index (χ2v) is 4.47. The summed E-state index contributed by atoms with van der Waals surface area (Å²) in [7, 11) is 1.78. The number of halogens is 3. The van der Waals surface area contributed by atoms with E-state index in [0.29, 0.717) is 38.5 Å². The summed E-state index contributed by atoms with van der Waals surface area (Å²) in [5.74, 6) is 0. The number of ether oxygens (including phenoxy) is 1. The molecule has 1 N–H and O–H groups in total. The summed E-state index contributed by atoms with van der Waals surface area (Å²) in [6.45, 7) is 2.89. The summed E-state index contributed by atoms with van der Waals surface area (Å²) in [4.78, 5) is 1.95. The minimum absolute atomic E-state index is 0.546. The van der Waals surface area contributed by atoms with E-state index >= 15 is 0 Å². The van der Waals surface area contributed by atoms with E-state index in [9.17, 15) is 13.2 Å². The molecule has 1 fully saturated rings. The number of morpholine rings is 1. The zero-order valence-electron chi connectivity index (χ0n) is 10.8. The molecule has 1 aromatic carbocycles. The molecule has 3 nitrogen and oxygen atoms in total. The Kier molecular flexibility index (Phi) is 4.31. The molecule has 0 unspecified atom stereocenters. The fraction of sp³-hybridized carbons (Fsp3) is 0.538. The topological polar surface area (TPSA) is 24.5 Å². The van der Waals surface area contributed by atoms with Crippen LogP contribution in [0.5, 0.6) is 0 Å². The third kappa shape index (κ3) is 3.39. The van der Waals surface area contributed by atoms with Gasteiger partial charge in [-0.05, 0) is 24.7 Å². The van der Waals surface area contributed by atoms with Crippen molar-refractivity contribution in [2.45, 2.75) is 12.7 Å². The van der Waals surface area contributed by atoms with Crippen molar-refractivity contribution in [2.75, 3.05) is 38.3 Å². The predicted octanol–water partition coefficient (Wildman–Crippen LogP) is 2.26. The average molecular weight is 274 g/mol. The lowest BCUT2D eigenvalue weighted by molar-refractivity contribution is -0.137. The van der Waals surface area contributed by atoms with E-state index in [4.69, 9.17) is 4.74 Å². The van der Waals surface area contributed by atoms with Gasteiger partial charge in [0.2, 0.25) is 0 Å². The van der Waals surface area contributed by atoms with Gasteiger partial charge in [-0.1, -0.05) is 6.07 Å². The fourth-order valence-corrected chi connectivity index (χ4v) is 2.18. The van der Waals surface area contributed by atoms with Crippen LogP contribution in [0.2, 0.25) is 0 Å². The van der Waals surface area contributed by atoms with Gasteiger partial charge in [-0.3, -0.25) is 0 Å². The lowest BCUT2D eigenvalue weighted by Crippen LogP contribution is -2.37. The van der Waals surface area contributed by atoms with E-state index in [2.05, 4.69) is 5.32 Å². The van der Waals surface area contributed by atoms with Crippen LogP contribution in [0.4, 0.5) is 18.9 Å². The quantitative estimate of drug-likeness (QED) is 0.915. The Bertz CT molecular complexity index is 428. The lowest BCUT2D eigenvalue weighted by Gasteiger charge is -2.31. The van der Waals surface area contributed by atoms with Gasteiger partial charge in [0.1, 0.15) is 0 Å². The summed E-state index contributed by atoms with van der Waals surface area (Å²) in [6.07, 6.45) is -4.31. The maximum atomic E-state index is 12.8. The number of hydrogen-bond donors (Lipinski definition) is 1. The summed E-state index contributed by atoms with van der Waals surface area (Å²) in [6, 6.07) is 3.92. The normalized spacial score (nSPS) is 16.7. The van der Waals surface area contributed by atoms with Crippen molar-refractivity contribution in [2.24, 2.45) is 0 Å². The number of alkyl halides is 3. The van der Waals surface area contributed by atoms with E-state index in [-0.39, 0.29) is 0 Å². The van der Waals surface area contributed by atoms with Crippen LogP contribution in [0.1, 0.15) is 11.1 Å². The molecular weight excluding hydrogens is 257 g/mol. The smallest absolute Gasteiger partial charge is 0.378 e. The average Bonchev–Trinajstić information content (AvgIpc) is 2.39. The Hall–Kier alpha value is -1.27. The van der Waals surface area contributed by atoms with Crippen molar-refractivity contribution in [3.8, 4) is 0 Å². The first-order valence-electron chi connectivity index (χ1n) is 6.20. The SMILES string of the molecule is CNCc1ccc(C(F)(F)F)cc1N1CCOCC1. The van der Waals surface area contributed by atoms with Crippen LogP contribution in [0, 0.1) is 0 Å². The van der Waals surface area contributed by atoms with Gasteiger partial charge >= 0.3 is 6.18 Å². The molecule has 0 bridgehead atoms. The highest BCUT2D eigenvalue weighted by molar-refractivity contribution is 5.56. The van der Waals surface area contributed by atoms with Gasteiger partial charge in [-0.25, -0.2) is 0 Å². The molecule has 0 atom stereocenters. The number of anilines is 1. The molecule has 6 heteroatoms. The Morgan fingerprint density at radius 3 is 2.53 bits per heavy atom. The number of hydrogen-bond acceptors (Lipinski definition) is 3. The van der Waals surface area contributed by atoms with Crippen molar-refractivity contribution < 1.29 is 17.9 Å². The molecule has 0 aliphatic carbocycles. The molecule has 1 heterocycles. The molecule has 1 aliphatic rings. The van der Waals surface area contributed by atoms with E-state index in [1.807, 2.05) is 4.90 Å². The van der Waals surface area contributed by atoms with Gasteiger partial charge in [0.25, 0.3) is 0 Å². The zero-order chi connectivity index (χ0) is 13.9. The summed E-state index contributed by atoms with van der Waals surface area (Å²) >= 11 is 0. The summed E-state index contributed by atoms with van der Waals surface area (Å²) in [5.41, 5.74) is 0.915. The highest BCUT2D eigenvalue weighted by Crippen LogP contribution is 2.33. The highest BCUT2D eigenvalue weighted by Gasteiger charge is 2.31. The van der Waals surface area contributed by atoms with Crippen LogP contribution in [0.3, 0.4) is 0 Å². The maximum Gasteiger partial charge on any atom is 0.416 e. The van der Waals surface area contributed by atoms with Crippen LogP contribution in [0.15, 0.2) is 18.2 Å². The molecule has 1 aromatic rings. The van der Waals surface area contributed by atoms with Gasteiger partial charge in [-0.15, -0.1) is 0 Å². The van der Waals surface area contributed by atoms with Crippen LogP contribution < -0.4 is 10.2 Å². The lowest BCUT2D eigenvalue weighted by atomic mass is 10.1. The van der Waals surface area contributed by atoms with Crippen molar-refractivity contribution in [1.29, 1.82) is 0 Å². The van der Waals surface area contributed by atoms with Gasteiger partial charge in [0.15, 0.2) is 0 Å². The Morgan fingerprint density at radius 1 is 1.26 bits per heavy atom. The third-order valence-electron chi connectivity index (χ3n) is 3.13. The number of nitrogens with one attached hydrogen (secondary N) is 1. The first-order chi connectivity index (χ1) is 9.02. The second kappa shape index (κ2) is 5.79. The first kappa shape index (κ1) is 14.1. The molecule has 106 valence electrons. The van der Waals surface area contributed by atoms with E-state index in [1.165, 1.54) is 6.07 Å². The van der Waals surface area contributed by atoms with Gasteiger partial charge < -0.3 is 15.0 Å². The minimum Gasteiger partial charge on any atom is -0.378 e. The predicted molar refractivity (Wildman–Crippen MR) is 67.2 cm³/mol. The largest absolute Gasteiger partial charge is 0.416 e. The molecule has 1 saturated heterocycles. The Labute approximate surface area is 110 Å². The van der Waals surface area contributed by atoms with Crippen LogP contribution in [-0.2, 0) is 17.5 Å². The van der Waals surface area contributed by atoms with E-state index in [1.54, 1.807) is 13.1 Å².